The highest BCUT2D eigenvalue weighted by Crippen LogP contribution is 2.24. The van der Waals surface area contributed by atoms with Gasteiger partial charge in [0.25, 0.3) is 0 Å². The molecule has 1 aliphatic heterocycles. The minimum atomic E-state index is -0.739. The maximum absolute atomic E-state index is 9.83. The lowest BCUT2D eigenvalue weighted by Gasteiger charge is -2.37. The van der Waals surface area contributed by atoms with E-state index in [1.54, 1.807) is 0 Å². The molecule has 0 aliphatic carbocycles. The van der Waals surface area contributed by atoms with E-state index >= 15 is 0 Å². The van der Waals surface area contributed by atoms with Gasteiger partial charge in [-0.2, -0.15) is 0 Å². The summed E-state index contributed by atoms with van der Waals surface area (Å²) in [5.74, 6) is 0. The van der Waals surface area contributed by atoms with Gasteiger partial charge < -0.3 is 24.4 Å². The molecule has 1 heterocycles. The van der Waals surface area contributed by atoms with Crippen molar-refractivity contribution in [1.82, 2.24) is 0 Å². The quantitative estimate of drug-likeness (QED) is 0.822. The number of aliphatic hydroxyl groups excluding tert-OH is 2. The largest absolute Gasteiger partial charge is 0.394 e. The van der Waals surface area contributed by atoms with Crippen molar-refractivity contribution in [2.75, 3.05) is 13.7 Å². The molecule has 5 nitrogen and oxygen atoms in total. The van der Waals surface area contributed by atoms with Crippen LogP contribution in [-0.2, 0) is 20.8 Å². The fourth-order valence-corrected chi connectivity index (χ4v) is 2.15. The van der Waals surface area contributed by atoms with Gasteiger partial charge in [-0.1, -0.05) is 30.3 Å². The summed E-state index contributed by atoms with van der Waals surface area (Å²) in [5.41, 5.74) is 1.05. The van der Waals surface area contributed by atoms with Crippen LogP contribution in [0.25, 0.3) is 0 Å². The van der Waals surface area contributed by atoms with Gasteiger partial charge in [0.05, 0.1) is 19.3 Å². The molecule has 19 heavy (non-hydrogen) atoms. The summed E-state index contributed by atoms with van der Waals surface area (Å²) in [5, 5.41) is 18.9. The second kappa shape index (κ2) is 6.98. The Morgan fingerprint density at radius 2 is 2.05 bits per heavy atom. The van der Waals surface area contributed by atoms with Crippen LogP contribution in [0.4, 0.5) is 0 Å². The Kier molecular flexibility index (Phi) is 5.30. The van der Waals surface area contributed by atoms with Crippen molar-refractivity contribution in [2.45, 2.75) is 37.6 Å². The highest BCUT2D eigenvalue weighted by Gasteiger charge is 2.37. The van der Waals surface area contributed by atoms with Crippen LogP contribution in [0.3, 0.4) is 0 Å². The van der Waals surface area contributed by atoms with Crippen molar-refractivity contribution in [2.24, 2.45) is 0 Å². The van der Waals surface area contributed by atoms with Crippen LogP contribution in [0.15, 0.2) is 30.3 Å². The van der Waals surface area contributed by atoms with Gasteiger partial charge in [-0.05, 0) is 5.56 Å². The van der Waals surface area contributed by atoms with E-state index in [1.807, 2.05) is 30.3 Å². The molecule has 0 spiro atoms. The van der Waals surface area contributed by atoms with Gasteiger partial charge in [-0.25, -0.2) is 0 Å². The highest BCUT2D eigenvalue weighted by atomic mass is 16.7. The zero-order valence-electron chi connectivity index (χ0n) is 10.9. The summed E-state index contributed by atoms with van der Waals surface area (Å²) >= 11 is 0. The fourth-order valence-electron chi connectivity index (χ4n) is 2.15. The first-order valence-electron chi connectivity index (χ1n) is 6.37. The number of rotatable bonds is 5. The summed E-state index contributed by atoms with van der Waals surface area (Å²) in [6, 6.07) is 9.78. The van der Waals surface area contributed by atoms with Gasteiger partial charge in [0.15, 0.2) is 6.29 Å². The molecule has 4 atom stereocenters. The molecule has 1 aliphatic rings. The van der Waals surface area contributed by atoms with Gasteiger partial charge in [0.2, 0.25) is 0 Å². The third kappa shape index (κ3) is 3.75. The first-order valence-corrected chi connectivity index (χ1v) is 6.37. The molecular formula is C14H20O5. The average molecular weight is 268 g/mol. The minimum absolute atomic E-state index is 0.230. The zero-order valence-corrected chi connectivity index (χ0v) is 10.9. The zero-order chi connectivity index (χ0) is 13.7. The molecule has 106 valence electrons. The van der Waals surface area contributed by atoms with Gasteiger partial charge >= 0.3 is 0 Å². The Labute approximate surface area is 112 Å². The van der Waals surface area contributed by atoms with E-state index in [-0.39, 0.29) is 12.7 Å². The SMILES string of the molecule is CO[C@H]1O[C@H](CO)[C@@H](O)C[C@H]1OCc1ccccc1. The Bertz CT molecular complexity index is 369. The van der Waals surface area contributed by atoms with Crippen LogP contribution < -0.4 is 0 Å². The maximum Gasteiger partial charge on any atom is 0.184 e. The van der Waals surface area contributed by atoms with Crippen molar-refractivity contribution < 1.29 is 24.4 Å². The van der Waals surface area contributed by atoms with E-state index in [9.17, 15) is 5.11 Å². The van der Waals surface area contributed by atoms with E-state index in [1.165, 1.54) is 7.11 Å². The summed E-state index contributed by atoms with van der Waals surface area (Å²) in [6.45, 7) is 0.206. The molecule has 0 unspecified atom stereocenters. The van der Waals surface area contributed by atoms with E-state index in [2.05, 4.69) is 0 Å². The van der Waals surface area contributed by atoms with Gasteiger partial charge in [-0.3, -0.25) is 0 Å². The molecule has 2 rings (SSSR count). The lowest BCUT2D eigenvalue weighted by atomic mass is 10.0. The third-order valence-corrected chi connectivity index (χ3v) is 3.23. The molecule has 1 fully saturated rings. The Hall–Kier alpha value is -0.980. The molecule has 0 saturated carbocycles. The standard InChI is InChI=1S/C14H20O5/c1-17-14-12(7-11(16)13(8-15)19-14)18-9-10-5-3-2-4-6-10/h2-6,11-16H,7-9H2,1H3/t11-,12+,13+,14-/m0/s1. The number of ether oxygens (including phenoxy) is 3. The van der Waals surface area contributed by atoms with Crippen LogP contribution in [0.1, 0.15) is 12.0 Å². The van der Waals surface area contributed by atoms with Gasteiger partial charge in [0.1, 0.15) is 12.2 Å². The van der Waals surface area contributed by atoms with Crippen molar-refractivity contribution in [3.05, 3.63) is 35.9 Å². The Morgan fingerprint density at radius 1 is 1.32 bits per heavy atom. The maximum atomic E-state index is 9.83. The van der Waals surface area contributed by atoms with Crippen LogP contribution >= 0.6 is 0 Å². The van der Waals surface area contributed by atoms with E-state index in [0.29, 0.717) is 13.0 Å². The molecule has 1 aromatic rings. The average Bonchev–Trinajstić information content (AvgIpc) is 2.46. The molecule has 2 N–H and O–H groups in total. The first kappa shape index (κ1) is 14.4. The fraction of sp³-hybridized carbons (Fsp3) is 0.571. The molecule has 1 aromatic carbocycles. The van der Waals surface area contributed by atoms with Crippen molar-refractivity contribution in [1.29, 1.82) is 0 Å². The number of benzene rings is 1. The molecule has 0 aromatic heterocycles. The second-order valence-corrected chi connectivity index (χ2v) is 4.60. The second-order valence-electron chi connectivity index (χ2n) is 4.60. The topological polar surface area (TPSA) is 68.2 Å². The number of hydrogen-bond acceptors (Lipinski definition) is 5. The lowest BCUT2D eigenvalue weighted by Crippen LogP contribution is -2.50. The Balaban J connectivity index is 1.91. The van der Waals surface area contributed by atoms with Gasteiger partial charge in [0, 0.05) is 13.5 Å². The van der Waals surface area contributed by atoms with E-state index in [4.69, 9.17) is 19.3 Å². The van der Waals surface area contributed by atoms with E-state index in [0.717, 1.165) is 5.56 Å². The molecule has 0 amide bonds. The minimum Gasteiger partial charge on any atom is -0.394 e. The first-order chi connectivity index (χ1) is 9.24. The normalized spacial score (nSPS) is 31.3. The summed E-state index contributed by atoms with van der Waals surface area (Å²) in [7, 11) is 1.52. The van der Waals surface area contributed by atoms with Gasteiger partial charge in [-0.15, -0.1) is 0 Å². The van der Waals surface area contributed by atoms with Crippen LogP contribution in [0.5, 0.6) is 0 Å². The van der Waals surface area contributed by atoms with E-state index < -0.39 is 18.5 Å². The predicted molar refractivity (Wildman–Crippen MR) is 68.4 cm³/mol. The van der Waals surface area contributed by atoms with Crippen molar-refractivity contribution >= 4 is 0 Å². The van der Waals surface area contributed by atoms with Crippen molar-refractivity contribution in [3.8, 4) is 0 Å². The third-order valence-electron chi connectivity index (χ3n) is 3.23. The molecule has 1 saturated heterocycles. The summed E-state index contributed by atoms with van der Waals surface area (Å²) in [6.07, 6.45) is -1.87. The smallest absolute Gasteiger partial charge is 0.184 e. The number of aliphatic hydroxyl groups is 2. The summed E-state index contributed by atoms with van der Waals surface area (Å²) in [4.78, 5) is 0. The molecule has 0 bridgehead atoms. The van der Waals surface area contributed by atoms with Crippen molar-refractivity contribution in [3.63, 3.8) is 0 Å². The number of methoxy groups -OCH3 is 1. The highest BCUT2D eigenvalue weighted by molar-refractivity contribution is 5.13. The molecule has 0 radical (unpaired) electrons. The van der Waals surface area contributed by atoms with Crippen LogP contribution in [0.2, 0.25) is 0 Å². The number of hydrogen-bond donors (Lipinski definition) is 2. The molecular weight excluding hydrogens is 248 g/mol. The Morgan fingerprint density at radius 3 is 2.68 bits per heavy atom. The summed E-state index contributed by atoms with van der Waals surface area (Å²) < 4.78 is 16.4. The predicted octanol–water partition coefficient (Wildman–Crippen LogP) is 0.686. The monoisotopic (exact) mass is 268 g/mol. The lowest BCUT2D eigenvalue weighted by molar-refractivity contribution is -0.273. The molecule has 5 heteroatoms. The van der Waals surface area contributed by atoms with Crippen LogP contribution in [-0.4, -0.2) is 48.5 Å². The van der Waals surface area contributed by atoms with Crippen LogP contribution in [0, 0.1) is 0 Å².